The standard InChI is InChI=1S/C14H19N3O2S/c18-12-3-1-11(2-4-12)16-5-7-17(8-6-16)14(19)13-9-20-10-15-13/h1-4,13,15,18H,5-10H2. The molecule has 6 heteroatoms. The molecule has 1 atom stereocenters. The summed E-state index contributed by atoms with van der Waals surface area (Å²) < 4.78 is 0. The van der Waals surface area contributed by atoms with Crippen LogP contribution in [0.3, 0.4) is 0 Å². The van der Waals surface area contributed by atoms with E-state index in [4.69, 9.17) is 0 Å². The van der Waals surface area contributed by atoms with Crippen molar-refractivity contribution in [3.8, 4) is 5.75 Å². The molecule has 2 heterocycles. The highest BCUT2D eigenvalue weighted by Gasteiger charge is 2.29. The molecule has 1 unspecified atom stereocenters. The number of hydrogen-bond donors (Lipinski definition) is 2. The summed E-state index contributed by atoms with van der Waals surface area (Å²) in [5.74, 6) is 2.29. The summed E-state index contributed by atoms with van der Waals surface area (Å²) >= 11 is 1.78. The van der Waals surface area contributed by atoms with Gasteiger partial charge in [-0.1, -0.05) is 0 Å². The molecule has 2 aliphatic rings. The molecule has 3 rings (SSSR count). The number of benzene rings is 1. The molecule has 0 spiro atoms. The molecule has 20 heavy (non-hydrogen) atoms. The Morgan fingerprint density at radius 1 is 1.20 bits per heavy atom. The number of phenols is 1. The first-order valence-corrected chi connectivity index (χ1v) is 8.03. The predicted molar refractivity (Wildman–Crippen MR) is 81.1 cm³/mol. The van der Waals surface area contributed by atoms with E-state index < -0.39 is 0 Å². The van der Waals surface area contributed by atoms with E-state index in [1.54, 1.807) is 23.9 Å². The Bertz CT molecular complexity index is 466. The third kappa shape index (κ3) is 2.86. The van der Waals surface area contributed by atoms with Crippen molar-refractivity contribution < 1.29 is 9.90 Å². The van der Waals surface area contributed by atoms with E-state index in [-0.39, 0.29) is 17.7 Å². The Hall–Kier alpha value is -1.40. The second-order valence-electron chi connectivity index (χ2n) is 5.10. The molecule has 2 N–H and O–H groups in total. The molecule has 1 aromatic carbocycles. The number of nitrogens with one attached hydrogen (secondary N) is 1. The largest absolute Gasteiger partial charge is 0.508 e. The fourth-order valence-electron chi connectivity index (χ4n) is 2.62. The average Bonchev–Trinajstić information content (AvgIpc) is 3.02. The summed E-state index contributed by atoms with van der Waals surface area (Å²) in [6.07, 6.45) is 0. The Balaban J connectivity index is 1.56. The third-order valence-electron chi connectivity index (χ3n) is 3.82. The highest BCUT2D eigenvalue weighted by atomic mass is 32.2. The number of hydrogen-bond acceptors (Lipinski definition) is 5. The number of anilines is 1. The minimum absolute atomic E-state index is 0.000206. The van der Waals surface area contributed by atoms with Gasteiger partial charge in [0.2, 0.25) is 5.91 Å². The first kappa shape index (κ1) is 13.6. The molecule has 0 saturated carbocycles. The number of carbonyl (C=O) groups is 1. The number of amides is 1. The summed E-state index contributed by atoms with van der Waals surface area (Å²) in [6.45, 7) is 3.22. The van der Waals surface area contributed by atoms with Crippen LogP contribution in [0.2, 0.25) is 0 Å². The molecule has 108 valence electrons. The van der Waals surface area contributed by atoms with Gasteiger partial charge in [0.15, 0.2) is 0 Å². The second-order valence-corrected chi connectivity index (χ2v) is 6.13. The lowest BCUT2D eigenvalue weighted by Gasteiger charge is -2.37. The molecule has 1 aromatic rings. The molecule has 5 nitrogen and oxygen atoms in total. The van der Waals surface area contributed by atoms with Gasteiger partial charge in [-0.25, -0.2) is 0 Å². The fourth-order valence-corrected chi connectivity index (χ4v) is 3.56. The number of thioether (sulfide) groups is 1. The molecule has 2 saturated heterocycles. The van der Waals surface area contributed by atoms with Gasteiger partial charge in [0.25, 0.3) is 0 Å². The fraction of sp³-hybridized carbons (Fsp3) is 0.500. The number of aromatic hydroxyl groups is 1. The summed E-state index contributed by atoms with van der Waals surface area (Å²) in [6, 6.07) is 7.24. The Morgan fingerprint density at radius 2 is 1.90 bits per heavy atom. The van der Waals surface area contributed by atoms with Crippen LogP contribution in [0, 0.1) is 0 Å². The van der Waals surface area contributed by atoms with Gasteiger partial charge in [0.05, 0.1) is 6.04 Å². The number of piperazine rings is 1. The van der Waals surface area contributed by atoms with Crippen LogP contribution in [0.4, 0.5) is 5.69 Å². The number of phenolic OH excluding ortho intramolecular Hbond substituents is 1. The van der Waals surface area contributed by atoms with E-state index in [0.29, 0.717) is 0 Å². The Morgan fingerprint density at radius 3 is 2.50 bits per heavy atom. The highest BCUT2D eigenvalue weighted by molar-refractivity contribution is 7.99. The quantitative estimate of drug-likeness (QED) is 0.841. The van der Waals surface area contributed by atoms with Crippen molar-refractivity contribution in [1.29, 1.82) is 0 Å². The van der Waals surface area contributed by atoms with E-state index in [0.717, 1.165) is 43.5 Å². The maximum absolute atomic E-state index is 12.3. The van der Waals surface area contributed by atoms with Crippen molar-refractivity contribution in [1.82, 2.24) is 10.2 Å². The summed E-state index contributed by atoms with van der Waals surface area (Å²) in [4.78, 5) is 16.5. The molecule has 0 bridgehead atoms. The van der Waals surface area contributed by atoms with Gasteiger partial charge >= 0.3 is 0 Å². The molecule has 0 aromatic heterocycles. The number of nitrogens with zero attached hydrogens (tertiary/aromatic N) is 2. The van der Waals surface area contributed by atoms with Gasteiger partial charge < -0.3 is 14.9 Å². The second kappa shape index (κ2) is 5.93. The Labute approximate surface area is 122 Å². The van der Waals surface area contributed by atoms with Crippen LogP contribution < -0.4 is 10.2 Å². The Kier molecular flexibility index (Phi) is 4.03. The molecule has 0 radical (unpaired) electrons. The summed E-state index contributed by atoms with van der Waals surface area (Å²) in [5, 5.41) is 12.5. The minimum Gasteiger partial charge on any atom is -0.508 e. The molecular formula is C14H19N3O2S. The minimum atomic E-state index is 0.000206. The topological polar surface area (TPSA) is 55.8 Å². The van der Waals surface area contributed by atoms with Crippen LogP contribution in [0.1, 0.15) is 0 Å². The van der Waals surface area contributed by atoms with Crippen molar-refractivity contribution in [3.63, 3.8) is 0 Å². The first-order valence-electron chi connectivity index (χ1n) is 6.88. The van der Waals surface area contributed by atoms with Gasteiger partial charge in [0.1, 0.15) is 5.75 Å². The first-order chi connectivity index (χ1) is 9.74. The van der Waals surface area contributed by atoms with Crippen molar-refractivity contribution >= 4 is 23.4 Å². The smallest absolute Gasteiger partial charge is 0.240 e. The molecule has 2 fully saturated rings. The van der Waals surface area contributed by atoms with Crippen molar-refractivity contribution in [3.05, 3.63) is 24.3 Å². The van der Waals surface area contributed by atoms with E-state index in [9.17, 15) is 9.90 Å². The van der Waals surface area contributed by atoms with Crippen molar-refractivity contribution in [2.75, 3.05) is 42.7 Å². The average molecular weight is 293 g/mol. The summed E-state index contributed by atoms with van der Waals surface area (Å²) in [5.41, 5.74) is 1.10. The predicted octanol–water partition coefficient (Wildman–Crippen LogP) is 0.703. The normalized spacial score (nSPS) is 23.1. The van der Waals surface area contributed by atoms with E-state index in [1.807, 2.05) is 17.0 Å². The monoisotopic (exact) mass is 293 g/mol. The third-order valence-corrected chi connectivity index (χ3v) is 4.76. The van der Waals surface area contributed by atoms with E-state index in [2.05, 4.69) is 10.2 Å². The van der Waals surface area contributed by atoms with E-state index in [1.165, 1.54) is 0 Å². The van der Waals surface area contributed by atoms with Crippen LogP contribution >= 0.6 is 11.8 Å². The highest BCUT2D eigenvalue weighted by Crippen LogP contribution is 2.20. The molecule has 1 amide bonds. The lowest BCUT2D eigenvalue weighted by atomic mass is 10.2. The molecule has 0 aliphatic carbocycles. The SMILES string of the molecule is O=C(C1CSCN1)N1CCN(c2ccc(O)cc2)CC1. The zero-order valence-corrected chi connectivity index (χ0v) is 12.1. The lowest BCUT2D eigenvalue weighted by molar-refractivity contribution is -0.132. The zero-order chi connectivity index (χ0) is 13.9. The van der Waals surface area contributed by atoms with E-state index >= 15 is 0 Å². The van der Waals surface area contributed by atoms with Crippen molar-refractivity contribution in [2.24, 2.45) is 0 Å². The van der Waals surface area contributed by atoms with Crippen LogP contribution in [-0.4, -0.2) is 59.8 Å². The van der Waals surface area contributed by atoms with Gasteiger partial charge in [-0.05, 0) is 24.3 Å². The summed E-state index contributed by atoms with van der Waals surface area (Å²) in [7, 11) is 0. The van der Waals surface area contributed by atoms with Crippen LogP contribution in [-0.2, 0) is 4.79 Å². The van der Waals surface area contributed by atoms with Crippen LogP contribution in [0.15, 0.2) is 24.3 Å². The zero-order valence-electron chi connectivity index (χ0n) is 11.3. The number of carbonyl (C=O) groups excluding carboxylic acids is 1. The van der Waals surface area contributed by atoms with Gasteiger partial charge in [-0.3, -0.25) is 10.1 Å². The van der Waals surface area contributed by atoms with Crippen LogP contribution in [0.25, 0.3) is 0 Å². The maximum Gasteiger partial charge on any atom is 0.240 e. The van der Waals surface area contributed by atoms with Gasteiger partial charge in [0, 0.05) is 43.5 Å². The number of rotatable bonds is 2. The molecule has 2 aliphatic heterocycles. The van der Waals surface area contributed by atoms with Gasteiger partial charge in [-0.15, -0.1) is 11.8 Å². The van der Waals surface area contributed by atoms with Crippen molar-refractivity contribution in [2.45, 2.75) is 6.04 Å². The van der Waals surface area contributed by atoms with Crippen LogP contribution in [0.5, 0.6) is 5.75 Å². The molecular weight excluding hydrogens is 274 g/mol. The van der Waals surface area contributed by atoms with Gasteiger partial charge in [-0.2, -0.15) is 0 Å². The maximum atomic E-state index is 12.3. The lowest BCUT2D eigenvalue weighted by Crippen LogP contribution is -2.53.